The maximum absolute atomic E-state index is 13.1. The van der Waals surface area contributed by atoms with Gasteiger partial charge in [-0.25, -0.2) is 9.48 Å². The number of aromatic nitrogens is 3. The van der Waals surface area contributed by atoms with Crippen LogP contribution in [0.3, 0.4) is 0 Å². The number of benzene rings is 1. The second-order valence-corrected chi connectivity index (χ2v) is 8.27. The molecular formula is C21H24F3N5O4. The van der Waals surface area contributed by atoms with Crippen molar-refractivity contribution in [2.24, 2.45) is 13.0 Å². The molecule has 2 amide bonds. The first-order chi connectivity index (χ1) is 15.6. The molecular weight excluding hydrogens is 443 g/mol. The van der Waals surface area contributed by atoms with Crippen molar-refractivity contribution >= 4 is 17.5 Å². The molecule has 2 aromatic rings. The summed E-state index contributed by atoms with van der Waals surface area (Å²) in [6.07, 6.45) is -4.02. The lowest BCUT2D eigenvalue weighted by Gasteiger charge is -2.33. The molecule has 12 heteroatoms. The van der Waals surface area contributed by atoms with Crippen molar-refractivity contribution in [1.82, 2.24) is 19.2 Å². The summed E-state index contributed by atoms with van der Waals surface area (Å²) < 4.78 is 45.7. The van der Waals surface area contributed by atoms with E-state index in [9.17, 15) is 27.6 Å². The number of piperidine rings is 1. The van der Waals surface area contributed by atoms with Gasteiger partial charge in [-0.3, -0.25) is 14.2 Å². The third kappa shape index (κ3) is 4.33. The molecule has 33 heavy (non-hydrogen) atoms. The van der Waals surface area contributed by atoms with Crippen LogP contribution in [0.2, 0.25) is 0 Å². The Balaban J connectivity index is 1.40. The van der Waals surface area contributed by atoms with Crippen LogP contribution >= 0.6 is 0 Å². The van der Waals surface area contributed by atoms with E-state index in [-0.39, 0.29) is 37.9 Å². The fourth-order valence-corrected chi connectivity index (χ4v) is 4.43. The van der Waals surface area contributed by atoms with E-state index < -0.39 is 29.7 Å². The van der Waals surface area contributed by atoms with E-state index in [0.717, 1.165) is 11.7 Å². The van der Waals surface area contributed by atoms with E-state index in [0.29, 0.717) is 28.8 Å². The minimum absolute atomic E-state index is 0.0879. The minimum Gasteiger partial charge on any atom is -0.497 e. The fourth-order valence-electron chi connectivity index (χ4n) is 4.43. The van der Waals surface area contributed by atoms with E-state index >= 15 is 0 Å². The van der Waals surface area contributed by atoms with Gasteiger partial charge in [-0.15, -0.1) is 5.10 Å². The normalized spacial score (nSPS) is 19.9. The van der Waals surface area contributed by atoms with Gasteiger partial charge in [-0.2, -0.15) is 13.2 Å². The number of methoxy groups -OCH3 is 1. The Bertz CT molecular complexity index is 1120. The molecule has 0 saturated carbocycles. The molecule has 1 aromatic carbocycles. The number of alkyl halides is 3. The zero-order valence-corrected chi connectivity index (χ0v) is 18.2. The number of ether oxygens (including phenoxy) is 1. The fraction of sp³-hybridized carbons (Fsp3) is 0.524. The molecule has 2 aliphatic heterocycles. The predicted molar refractivity (Wildman–Crippen MR) is 111 cm³/mol. The molecule has 0 radical (unpaired) electrons. The van der Waals surface area contributed by atoms with Crippen LogP contribution in [0.4, 0.5) is 18.9 Å². The Kier molecular flexibility index (Phi) is 5.93. The molecule has 1 unspecified atom stereocenters. The number of hydrogen-bond donors (Lipinski definition) is 0. The van der Waals surface area contributed by atoms with E-state index in [1.54, 1.807) is 34.1 Å². The lowest BCUT2D eigenvalue weighted by molar-refractivity contribution is -0.147. The number of amides is 2. The number of halogens is 3. The first kappa shape index (κ1) is 22.9. The SMILES string of the molecule is COc1cccc(N2CC(C(=O)N3CCC(n4nc(C(F)(F)F)n(C)c4=O)CC3)CC2=O)c1. The number of anilines is 1. The third-order valence-corrected chi connectivity index (χ3v) is 6.22. The Morgan fingerprint density at radius 2 is 1.88 bits per heavy atom. The lowest BCUT2D eigenvalue weighted by Crippen LogP contribution is -2.44. The van der Waals surface area contributed by atoms with E-state index in [1.807, 2.05) is 0 Å². The van der Waals surface area contributed by atoms with Crippen molar-refractivity contribution < 1.29 is 27.5 Å². The summed E-state index contributed by atoms with van der Waals surface area (Å²) in [6, 6.07) is 6.52. The second-order valence-electron chi connectivity index (χ2n) is 8.27. The van der Waals surface area contributed by atoms with Gasteiger partial charge < -0.3 is 14.5 Å². The molecule has 0 bridgehead atoms. The van der Waals surface area contributed by atoms with Crippen molar-refractivity contribution in [3.8, 4) is 5.75 Å². The number of hydrogen-bond acceptors (Lipinski definition) is 5. The summed E-state index contributed by atoms with van der Waals surface area (Å²) in [6.45, 7) is 0.800. The van der Waals surface area contributed by atoms with Gasteiger partial charge in [0.1, 0.15) is 5.75 Å². The summed E-state index contributed by atoms with van der Waals surface area (Å²) in [7, 11) is 2.57. The van der Waals surface area contributed by atoms with Crippen LogP contribution in [0.1, 0.15) is 31.1 Å². The third-order valence-electron chi connectivity index (χ3n) is 6.22. The van der Waals surface area contributed by atoms with Crippen LogP contribution in [-0.4, -0.2) is 57.8 Å². The predicted octanol–water partition coefficient (Wildman–Crippen LogP) is 1.83. The standard InChI is InChI=1S/C21H24F3N5O4/c1-26-19(21(22,23)24)25-29(20(26)32)14-6-8-27(9-7-14)18(31)13-10-17(30)28(12-13)15-4-3-5-16(11-15)33-2/h3-5,11,13-14H,6-10,12H2,1-2H3. The zero-order valence-electron chi connectivity index (χ0n) is 18.2. The number of rotatable bonds is 4. The number of carbonyl (C=O) groups is 2. The van der Waals surface area contributed by atoms with E-state index in [1.165, 1.54) is 7.11 Å². The topological polar surface area (TPSA) is 89.7 Å². The van der Waals surface area contributed by atoms with E-state index in [4.69, 9.17) is 4.74 Å². The maximum Gasteiger partial charge on any atom is 0.451 e. The molecule has 2 fully saturated rings. The summed E-state index contributed by atoms with van der Waals surface area (Å²) in [5.41, 5.74) is -0.175. The molecule has 2 aliphatic rings. The zero-order chi connectivity index (χ0) is 23.9. The molecule has 3 heterocycles. The van der Waals surface area contributed by atoms with Crippen molar-refractivity contribution in [2.75, 3.05) is 31.6 Å². The van der Waals surface area contributed by atoms with Gasteiger partial charge >= 0.3 is 11.9 Å². The summed E-state index contributed by atoms with van der Waals surface area (Å²) in [5, 5.41) is 3.50. The van der Waals surface area contributed by atoms with Gasteiger partial charge in [0.05, 0.1) is 19.1 Å². The van der Waals surface area contributed by atoms with Gasteiger partial charge in [0.15, 0.2) is 0 Å². The van der Waals surface area contributed by atoms with Crippen molar-refractivity contribution in [3.05, 3.63) is 40.6 Å². The highest BCUT2D eigenvalue weighted by Gasteiger charge is 2.41. The van der Waals surface area contributed by atoms with E-state index in [2.05, 4.69) is 5.10 Å². The van der Waals surface area contributed by atoms with Gasteiger partial charge in [0.25, 0.3) is 0 Å². The average molecular weight is 467 g/mol. The highest BCUT2D eigenvalue weighted by atomic mass is 19.4. The summed E-state index contributed by atoms with van der Waals surface area (Å²) in [5.74, 6) is -1.47. The van der Waals surface area contributed by atoms with Gasteiger partial charge in [0, 0.05) is 44.9 Å². The Morgan fingerprint density at radius 1 is 1.18 bits per heavy atom. The Labute approximate surface area is 187 Å². The maximum atomic E-state index is 13.1. The molecule has 0 N–H and O–H groups in total. The first-order valence-corrected chi connectivity index (χ1v) is 10.6. The quantitative estimate of drug-likeness (QED) is 0.685. The Morgan fingerprint density at radius 3 is 2.48 bits per heavy atom. The number of nitrogens with zero attached hydrogens (tertiary/aromatic N) is 5. The number of carbonyl (C=O) groups excluding carboxylic acids is 2. The largest absolute Gasteiger partial charge is 0.497 e. The van der Waals surface area contributed by atoms with Crippen molar-refractivity contribution in [3.63, 3.8) is 0 Å². The van der Waals surface area contributed by atoms with Crippen LogP contribution in [-0.2, 0) is 22.8 Å². The summed E-state index contributed by atoms with van der Waals surface area (Å²) in [4.78, 5) is 41.0. The molecule has 4 rings (SSSR count). The molecule has 0 spiro atoms. The molecule has 2 saturated heterocycles. The van der Waals surface area contributed by atoms with Crippen LogP contribution in [0, 0.1) is 5.92 Å². The summed E-state index contributed by atoms with van der Waals surface area (Å²) >= 11 is 0. The minimum atomic E-state index is -4.72. The average Bonchev–Trinajstić information content (AvgIpc) is 3.33. The Hall–Kier alpha value is -3.31. The van der Waals surface area contributed by atoms with Gasteiger partial charge in [-0.05, 0) is 25.0 Å². The second kappa shape index (κ2) is 8.56. The molecule has 9 nitrogen and oxygen atoms in total. The lowest BCUT2D eigenvalue weighted by atomic mass is 10.0. The van der Waals surface area contributed by atoms with Crippen LogP contribution < -0.4 is 15.3 Å². The van der Waals surface area contributed by atoms with Crippen molar-refractivity contribution in [2.45, 2.75) is 31.5 Å². The van der Waals surface area contributed by atoms with Crippen LogP contribution in [0.15, 0.2) is 29.1 Å². The molecule has 0 aliphatic carbocycles. The van der Waals surface area contributed by atoms with Gasteiger partial charge in [0.2, 0.25) is 17.6 Å². The smallest absolute Gasteiger partial charge is 0.451 e. The van der Waals surface area contributed by atoms with Crippen LogP contribution in [0.5, 0.6) is 5.75 Å². The highest BCUT2D eigenvalue weighted by Crippen LogP contribution is 2.31. The van der Waals surface area contributed by atoms with Crippen LogP contribution in [0.25, 0.3) is 0 Å². The number of likely N-dealkylation sites (tertiary alicyclic amines) is 1. The molecule has 1 aromatic heterocycles. The molecule has 178 valence electrons. The monoisotopic (exact) mass is 467 g/mol. The van der Waals surface area contributed by atoms with Gasteiger partial charge in [-0.1, -0.05) is 6.07 Å². The highest BCUT2D eigenvalue weighted by molar-refractivity contribution is 6.00. The molecule has 1 atom stereocenters. The first-order valence-electron chi connectivity index (χ1n) is 10.6. The van der Waals surface area contributed by atoms with Crippen molar-refractivity contribution in [1.29, 1.82) is 0 Å².